The molecular formula is C12H21O10. The molecular weight excluding hydrogens is 304 g/mol. The van der Waals surface area contributed by atoms with Crippen molar-refractivity contribution in [3.63, 3.8) is 0 Å². The molecule has 22 heavy (non-hydrogen) atoms. The van der Waals surface area contributed by atoms with Gasteiger partial charge in [0.2, 0.25) is 0 Å². The third-order valence-corrected chi connectivity index (χ3v) is 4.14. The van der Waals surface area contributed by atoms with Gasteiger partial charge in [0.05, 0.1) is 13.2 Å². The molecule has 2 aliphatic heterocycles. The molecule has 0 unspecified atom stereocenters. The molecule has 2 aliphatic rings. The second-order valence-electron chi connectivity index (χ2n) is 5.55. The Kier molecular flexibility index (Phi) is 5.39. The first kappa shape index (κ1) is 17.9. The van der Waals surface area contributed by atoms with E-state index in [0.717, 1.165) is 0 Å². The van der Waals surface area contributed by atoms with Crippen molar-refractivity contribution < 1.29 is 50.3 Å². The Morgan fingerprint density at radius 2 is 1.41 bits per heavy atom. The molecule has 0 spiro atoms. The van der Waals surface area contributed by atoms with Crippen LogP contribution in [0.1, 0.15) is 0 Å². The summed E-state index contributed by atoms with van der Waals surface area (Å²) in [4.78, 5) is 0. The van der Waals surface area contributed by atoms with Crippen LogP contribution >= 0.6 is 0 Å². The van der Waals surface area contributed by atoms with Crippen molar-refractivity contribution in [3.8, 4) is 0 Å². The molecule has 10 heteroatoms. The summed E-state index contributed by atoms with van der Waals surface area (Å²) < 4.78 is 10.1. The van der Waals surface area contributed by atoms with Crippen LogP contribution in [0.15, 0.2) is 0 Å². The van der Waals surface area contributed by atoms with Crippen molar-refractivity contribution in [2.24, 2.45) is 0 Å². The minimum atomic E-state index is -2.43. The quantitative estimate of drug-likeness (QED) is 0.250. The summed E-state index contributed by atoms with van der Waals surface area (Å²) in [5.74, 6) is 0. The SMILES string of the molecule is OC[C@H]1O[CH][C@@](O)([C@H]2O[C@H](CO)[C@@H](O)[C@H](O)[C@H]2O)[C@@H](O)[C@@H]1O. The molecule has 0 amide bonds. The predicted octanol–water partition coefficient (Wildman–Crippen LogP) is -5.17. The molecule has 0 aromatic heterocycles. The lowest BCUT2D eigenvalue weighted by Crippen LogP contribution is -2.72. The fourth-order valence-corrected chi connectivity index (χ4v) is 2.69. The summed E-state index contributed by atoms with van der Waals surface area (Å²) in [5.41, 5.74) is -2.43. The van der Waals surface area contributed by atoms with E-state index >= 15 is 0 Å². The number of aliphatic hydroxyl groups excluding tert-OH is 7. The van der Waals surface area contributed by atoms with Crippen LogP contribution in [-0.4, -0.2) is 108 Å². The highest BCUT2D eigenvalue weighted by molar-refractivity contribution is 5.12. The highest BCUT2D eigenvalue weighted by Crippen LogP contribution is 2.37. The van der Waals surface area contributed by atoms with Gasteiger partial charge in [-0.2, -0.15) is 0 Å². The third kappa shape index (κ3) is 2.76. The van der Waals surface area contributed by atoms with Gasteiger partial charge in [-0.1, -0.05) is 0 Å². The van der Waals surface area contributed by atoms with Gasteiger partial charge in [0.15, 0.2) is 5.60 Å². The summed E-state index contributed by atoms with van der Waals surface area (Å²) in [6.07, 6.45) is -13.0. The van der Waals surface area contributed by atoms with E-state index in [0.29, 0.717) is 6.61 Å². The minimum absolute atomic E-state index is 0.626. The minimum Gasteiger partial charge on any atom is -0.394 e. The highest BCUT2D eigenvalue weighted by Gasteiger charge is 2.60. The molecule has 10 nitrogen and oxygen atoms in total. The van der Waals surface area contributed by atoms with Crippen molar-refractivity contribution in [2.75, 3.05) is 13.2 Å². The van der Waals surface area contributed by atoms with Gasteiger partial charge in [-0.25, -0.2) is 0 Å². The Morgan fingerprint density at radius 1 is 0.818 bits per heavy atom. The number of aliphatic hydroxyl groups is 8. The Balaban J connectivity index is 2.24. The van der Waals surface area contributed by atoms with Gasteiger partial charge < -0.3 is 50.3 Å². The van der Waals surface area contributed by atoms with Crippen LogP contribution < -0.4 is 0 Å². The van der Waals surface area contributed by atoms with Gasteiger partial charge in [0.25, 0.3) is 0 Å². The van der Waals surface area contributed by atoms with Crippen LogP contribution in [0.3, 0.4) is 0 Å². The molecule has 9 atom stereocenters. The Labute approximate surface area is 125 Å². The van der Waals surface area contributed by atoms with E-state index in [2.05, 4.69) is 0 Å². The Bertz CT molecular complexity index is 379. The Hall–Kier alpha value is -0.400. The first-order chi connectivity index (χ1) is 10.3. The van der Waals surface area contributed by atoms with Crippen LogP contribution in [0.5, 0.6) is 0 Å². The maximum atomic E-state index is 10.5. The van der Waals surface area contributed by atoms with Gasteiger partial charge in [-0.05, 0) is 0 Å². The summed E-state index contributed by atoms with van der Waals surface area (Å²) in [6.45, 7) is -0.645. The summed E-state index contributed by atoms with van der Waals surface area (Å²) in [5, 5.41) is 77.9. The van der Waals surface area contributed by atoms with Gasteiger partial charge in [-0.15, -0.1) is 0 Å². The van der Waals surface area contributed by atoms with Crippen molar-refractivity contribution in [2.45, 2.75) is 54.4 Å². The van der Waals surface area contributed by atoms with Crippen LogP contribution in [-0.2, 0) is 9.47 Å². The molecule has 1 radical (unpaired) electrons. The van der Waals surface area contributed by atoms with Crippen molar-refractivity contribution >= 4 is 0 Å². The molecule has 0 bridgehead atoms. The molecule has 8 N–H and O–H groups in total. The van der Waals surface area contributed by atoms with Crippen molar-refractivity contribution in [1.82, 2.24) is 0 Å². The number of ether oxygens (including phenoxy) is 2. The fraction of sp³-hybridized carbons (Fsp3) is 0.917. The molecule has 2 heterocycles. The molecule has 2 fully saturated rings. The van der Waals surface area contributed by atoms with Crippen LogP contribution in [0.4, 0.5) is 0 Å². The second kappa shape index (κ2) is 6.61. The number of hydrogen-bond donors (Lipinski definition) is 8. The van der Waals surface area contributed by atoms with E-state index in [4.69, 9.17) is 19.7 Å². The molecule has 0 saturated carbocycles. The fourth-order valence-electron chi connectivity index (χ4n) is 2.69. The Morgan fingerprint density at radius 3 is 1.95 bits per heavy atom. The van der Waals surface area contributed by atoms with Crippen LogP contribution in [0.25, 0.3) is 0 Å². The van der Waals surface area contributed by atoms with Crippen LogP contribution in [0, 0.1) is 6.61 Å². The zero-order valence-electron chi connectivity index (χ0n) is 11.5. The van der Waals surface area contributed by atoms with Gasteiger partial charge in [0.1, 0.15) is 55.4 Å². The zero-order chi connectivity index (χ0) is 16.7. The second-order valence-corrected chi connectivity index (χ2v) is 5.55. The predicted molar refractivity (Wildman–Crippen MR) is 67.0 cm³/mol. The maximum Gasteiger partial charge on any atom is 0.150 e. The van der Waals surface area contributed by atoms with E-state index < -0.39 is 67.6 Å². The molecule has 129 valence electrons. The average molecular weight is 325 g/mol. The smallest absolute Gasteiger partial charge is 0.150 e. The van der Waals surface area contributed by atoms with E-state index in [1.165, 1.54) is 0 Å². The van der Waals surface area contributed by atoms with Crippen molar-refractivity contribution in [1.29, 1.82) is 0 Å². The molecule has 0 aromatic rings. The summed E-state index contributed by atoms with van der Waals surface area (Å²) in [7, 11) is 0. The third-order valence-electron chi connectivity index (χ3n) is 4.14. The summed E-state index contributed by atoms with van der Waals surface area (Å²) >= 11 is 0. The van der Waals surface area contributed by atoms with Gasteiger partial charge in [-0.3, -0.25) is 0 Å². The average Bonchev–Trinajstić information content (AvgIpc) is 2.51. The lowest BCUT2D eigenvalue weighted by molar-refractivity contribution is -0.308. The van der Waals surface area contributed by atoms with Crippen molar-refractivity contribution in [3.05, 3.63) is 6.61 Å². The number of hydrogen-bond acceptors (Lipinski definition) is 10. The van der Waals surface area contributed by atoms with E-state index in [9.17, 15) is 30.6 Å². The molecule has 0 aromatic carbocycles. The molecule has 2 saturated heterocycles. The van der Waals surface area contributed by atoms with E-state index in [1.807, 2.05) is 0 Å². The number of rotatable bonds is 3. The topological polar surface area (TPSA) is 180 Å². The summed E-state index contributed by atoms with van der Waals surface area (Å²) in [6, 6.07) is 0. The first-order valence-corrected chi connectivity index (χ1v) is 6.77. The van der Waals surface area contributed by atoms with E-state index in [-0.39, 0.29) is 0 Å². The first-order valence-electron chi connectivity index (χ1n) is 6.77. The van der Waals surface area contributed by atoms with Crippen LogP contribution in [0.2, 0.25) is 0 Å². The normalized spacial score (nSPS) is 53.5. The largest absolute Gasteiger partial charge is 0.394 e. The molecule has 0 aliphatic carbocycles. The van der Waals surface area contributed by atoms with E-state index in [1.54, 1.807) is 0 Å². The lowest BCUT2D eigenvalue weighted by Gasteiger charge is -2.51. The lowest BCUT2D eigenvalue weighted by atomic mass is 9.78. The van der Waals surface area contributed by atoms with Gasteiger partial charge in [0, 0.05) is 0 Å². The highest BCUT2D eigenvalue weighted by atomic mass is 16.6. The van der Waals surface area contributed by atoms with Gasteiger partial charge >= 0.3 is 0 Å². The molecule has 2 rings (SSSR count). The standard InChI is InChI=1S/C12H21O10/c13-1-4-7(16)10(19)12(20,3-21-4)11-9(18)8(17)6(15)5(2-14)22-11/h3-11,13-20H,1-2H2/t4-,5-,6-,7-,8+,9-,10+,11+,12+/m1/s1. The monoisotopic (exact) mass is 325 g/mol. The zero-order valence-corrected chi connectivity index (χ0v) is 11.5. The maximum absolute atomic E-state index is 10.5.